The molecule has 0 amide bonds. The first-order valence-electron chi connectivity index (χ1n) is 5.59. The molecule has 0 unspecified atom stereocenters. The van der Waals surface area contributed by atoms with E-state index in [4.69, 9.17) is 10.4 Å². The largest absolute Gasteiger partial charge is 0.478 e. The minimum atomic E-state index is -1.26. The first kappa shape index (κ1) is 12.9. The van der Waals surface area contributed by atoms with E-state index in [0.717, 1.165) is 23.5 Å². The highest BCUT2D eigenvalue weighted by Gasteiger charge is 2.42. The van der Waals surface area contributed by atoms with Crippen molar-refractivity contribution < 1.29 is 14.3 Å². The number of nitrogens with zero attached hydrogens (tertiary/aromatic N) is 1. The molecular weight excluding hydrogens is 253 g/mol. The van der Waals surface area contributed by atoms with E-state index in [2.05, 4.69) is 6.07 Å². The highest BCUT2D eigenvalue weighted by molar-refractivity contribution is 7.99. The van der Waals surface area contributed by atoms with Crippen molar-refractivity contribution in [2.24, 2.45) is 5.41 Å². The van der Waals surface area contributed by atoms with E-state index in [-0.39, 0.29) is 11.0 Å². The molecule has 2 rings (SSSR count). The lowest BCUT2D eigenvalue weighted by molar-refractivity contribution is 0.0691. The van der Waals surface area contributed by atoms with Crippen LogP contribution in [-0.4, -0.2) is 16.8 Å². The van der Waals surface area contributed by atoms with Gasteiger partial charge in [0.15, 0.2) is 0 Å². The zero-order valence-electron chi connectivity index (χ0n) is 9.65. The fourth-order valence-corrected chi connectivity index (χ4v) is 2.94. The molecule has 0 saturated heterocycles. The fourth-order valence-electron chi connectivity index (χ4n) is 1.71. The van der Waals surface area contributed by atoms with Gasteiger partial charge in [0.25, 0.3) is 0 Å². The maximum Gasteiger partial charge on any atom is 0.338 e. The number of carboxylic acid groups (broad SMARTS) is 1. The van der Waals surface area contributed by atoms with Crippen molar-refractivity contribution in [3.05, 3.63) is 29.6 Å². The highest BCUT2D eigenvalue weighted by atomic mass is 32.2. The summed E-state index contributed by atoms with van der Waals surface area (Å²) in [5.41, 5.74) is -0.206. The van der Waals surface area contributed by atoms with Crippen LogP contribution in [0.4, 0.5) is 4.39 Å². The van der Waals surface area contributed by atoms with Crippen molar-refractivity contribution in [2.45, 2.75) is 24.2 Å². The van der Waals surface area contributed by atoms with E-state index in [1.807, 2.05) is 0 Å². The molecule has 0 spiro atoms. The number of hydrogen-bond acceptors (Lipinski definition) is 3. The molecule has 1 aliphatic carbocycles. The molecule has 1 aliphatic rings. The Morgan fingerprint density at radius 3 is 2.83 bits per heavy atom. The summed E-state index contributed by atoms with van der Waals surface area (Å²) in [4.78, 5) is 11.5. The van der Waals surface area contributed by atoms with Gasteiger partial charge in [0, 0.05) is 17.1 Å². The van der Waals surface area contributed by atoms with E-state index >= 15 is 0 Å². The van der Waals surface area contributed by atoms with Gasteiger partial charge in [0.05, 0.1) is 11.6 Å². The molecule has 1 fully saturated rings. The van der Waals surface area contributed by atoms with Crippen molar-refractivity contribution in [1.29, 1.82) is 5.26 Å². The van der Waals surface area contributed by atoms with Crippen LogP contribution >= 0.6 is 11.8 Å². The van der Waals surface area contributed by atoms with Crippen LogP contribution in [0.5, 0.6) is 0 Å². The molecule has 94 valence electrons. The van der Waals surface area contributed by atoms with Gasteiger partial charge in [-0.05, 0) is 36.5 Å². The van der Waals surface area contributed by atoms with E-state index in [9.17, 15) is 9.18 Å². The average molecular weight is 265 g/mol. The molecule has 1 aromatic carbocycles. The van der Waals surface area contributed by atoms with Gasteiger partial charge in [0.1, 0.15) is 5.82 Å². The number of carbonyl (C=O) groups is 1. The average Bonchev–Trinajstić information content (AvgIpc) is 3.08. The summed E-state index contributed by atoms with van der Waals surface area (Å²) in [7, 11) is 0. The number of nitriles is 1. The summed E-state index contributed by atoms with van der Waals surface area (Å²) in [6.07, 6.45) is 2.62. The second kappa shape index (κ2) is 4.99. The summed E-state index contributed by atoms with van der Waals surface area (Å²) in [6.45, 7) is 0. The van der Waals surface area contributed by atoms with Gasteiger partial charge in [0.2, 0.25) is 0 Å². The molecule has 0 atom stereocenters. The zero-order chi connectivity index (χ0) is 13.2. The van der Waals surface area contributed by atoms with Crippen LogP contribution in [-0.2, 0) is 0 Å². The molecule has 1 N–H and O–H groups in total. The highest BCUT2D eigenvalue weighted by Crippen LogP contribution is 2.51. The molecule has 0 heterocycles. The van der Waals surface area contributed by atoms with Gasteiger partial charge in [-0.2, -0.15) is 5.26 Å². The lowest BCUT2D eigenvalue weighted by Gasteiger charge is -2.10. The molecule has 3 nitrogen and oxygen atoms in total. The minimum Gasteiger partial charge on any atom is -0.478 e. The molecular formula is C13H12FNO2S. The fraction of sp³-hybridized carbons (Fsp3) is 0.385. The SMILES string of the molecule is N#CCC1(CSc2ccc(F)c(C(=O)O)c2)CC1. The smallest absolute Gasteiger partial charge is 0.338 e. The van der Waals surface area contributed by atoms with Gasteiger partial charge in [-0.25, -0.2) is 9.18 Å². The zero-order valence-corrected chi connectivity index (χ0v) is 10.5. The quantitative estimate of drug-likeness (QED) is 0.830. The summed E-state index contributed by atoms with van der Waals surface area (Å²) in [6, 6.07) is 6.28. The van der Waals surface area contributed by atoms with Crippen LogP contribution in [0.3, 0.4) is 0 Å². The second-order valence-electron chi connectivity index (χ2n) is 4.57. The van der Waals surface area contributed by atoms with Gasteiger partial charge in [-0.3, -0.25) is 0 Å². The van der Waals surface area contributed by atoms with Crippen LogP contribution < -0.4 is 0 Å². The molecule has 0 radical (unpaired) electrons. The summed E-state index contributed by atoms with van der Waals surface area (Å²) < 4.78 is 13.2. The number of rotatable bonds is 5. The maximum absolute atomic E-state index is 13.2. The second-order valence-corrected chi connectivity index (χ2v) is 5.62. The lowest BCUT2D eigenvalue weighted by Crippen LogP contribution is -2.03. The van der Waals surface area contributed by atoms with Crippen molar-refractivity contribution in [1.82, 2.24) is 0 Å². The molecule has 0 aliphatic heterocycles. The third kappa shape index (κ3) is 2.82. The van der Waals surface area contributed by atoms with Crippen molar-refractivity contribution >= 4 is 17.7 Å². The van der Waals surface area contributed by atoms with Gasteiger partial charge in [-0.1, -0.05) is 0 Å². The summed E-state index contributed by atoms with van der Waals surface area (Å²) in [5, 5.41) is 17.5. The van der Waals surface area contributed by atoms with E-state index in [0.29, 0.717) is 6.42 Å². The first-order valence-corrected chi connectivity index (χ1v) is 6.57. The first-order chi connectivity index (χ1) is 8.56. The number of thioether (sulfide) groups is 1. The van der Waals surface area contributed by atoms with Gasteiger partial charge < -0.3 is 5.11 Å². The Hall–Kier alpha value is -1.54. The molecule has 0 bridgehead atoms. The maximum atomic E-state index is 13.2. The Bertz CT molecular complexity index is 520. The third-order valence-corrected chi connectivity index (χ3v) is 4.47. The van der Waals surface area contributed by atoms with Crippen molar-refractivity contribution in [3.8, 4) is 6.07 Å². The number of aromatic carboxylic acids is 1. The van der Waals surface area contributed by atoms with Crippen molar-refractivity contribution in [3.63, 3.8) is 0 Å². The van der Waals surface area contributed by atoms with E-state index in [1.54, 1.807) is 6.07 Å². The van der Waals surface area contributed by atoms with Crippen LogP contribution in [0.15, 0.2) is 23.1 Å². The lowest BCUT2D eigenvalue weighted by atomic mass is 10.1. The Balaban J connectivity index is 2.05. The summed E-state index contributed by atoms with van der Waals surface area (Å²) in [5.74, 6) is -1.19. The monoisotopic (exact) mass is 265 g/mol. The topological polar surface area (TPSA) is 61.1 Å². The number of carboxylic acids is 1. The van der Waals surface area contributed by atoms with Crippen molar-refractivity contribution in [2.75, 3.05) is 5.75 Å². The van der Waals surface area contributed by atoms with Crippen LogP contribution in [0.25, 0.3) is 0 Å². The minimum absolute atomic E-state index is 0.0944. The van der Waals surface area contributed by atoms with Gasteiger partial charge >= 0.3 is 5.97 Å². The van der Waals surface area contributed by atoms with Crippen LogP contribution in [0.1, 0.15) is 29.6 Å². The van der Waals surface area contributed by atoms with E-state index in [1.165, 1.54) is 23.9 Å². The summed E-state index contributed by atoms with van der Waals surface area (Å²) >= 11 is 1.49. The predicted octanol–water partition coefficient (Wildman–Crippen LogP) is 3.31. The molecule has 5 heteroatoms. The standard InChI is InChI=1S/C13H12FNO2S/c14-11-2-1-9(7-10(11)12(16)17)18-8-13(3-4-13)5-6-15/h1-2,7H,3-5,8H2,(H,16,17). The molecule has 18 heavy (non-hydrogen) atoms. The number of halogens is 1. The number of benzene rings is 1. The Morgan fingerprint density at radius 1 is 1.56 bits per heavy atom. The molecule has 1 saturated carbocycles. The normalized spacial score (nSPS) is 16.0. The van der Waals surface area contributed by atoms with Crippen LogP contribution in [0, 0.1) is 22.6 Å². The van der Waals surface area contributed by atoms with Gasteiger partial charge in [-0.15, -0.1) is 11.8 Å². The van der Waals surface area contributed by atoms with E-state index < -0.39 is 11.8 Å². The van der Waals surface area contributed by atoms with Crippen LogP contribution in [0.2, 0.25) is 0 Å². The Morgan fingerprint density at radius 2 is 2.28 bits per heavy atom. The Kier molecular flexibility index (Phi) is 3.58. The molecule has 0 aromatic heterocycles. The molecule has 1 aromatic rings. The Labute approximate surface area is 109 Å². The third-order valence-electron chi connectivity index (χ3n) is 3.12. The number of hydrogen-bond donors (Lipinski definition) is 1. The predicted molar refractivity (Wildman–Crippen MR) is 66.0 cm³/mol.